The predicted octanol–water partition coefficient (Wildman–Crippen LogP) is 16.2. The number of nitrogens with zero attached hydrogens (tertiary/aromatic N) is 4. The summed E-state index contributed by atoms with van der Waals surface area (Å²) in [6, 6.07) is 62.7. The zero-order valence-electron chi connectivity index (χ0n) is 35.5. The summed E-state index contributed by atoms with van der Waals surface area (Å²) in [4.78, 5) is 16.1. The Morgan fingerprint density at radius 3 is 1.46 bits per heavy atom. The third kappa shape index (κ3) is 5.72. The maximum atomic E-state index is 6.68. The summed E-state index contributed by atoms with van der Waals surface area (Å²) in [5, 5.41) is 10.7. The van der Waals surface area contributed by atoms with Gasteiger partial charge in [0, 0.05) is 70.7 Å². The minimum Gasteiger partial charge on any atom is -0.456 e. The molecule has 7 heteroatoms. The van der Waals surface area contributed by atoms with Crippen LogP contribution in [-0.2, 0) is 0 Å². The first kappa shape index (κ1) is 37.0. The van der Waals surface area contributed by atoms with E-state index >= 15 is 0 Å². The van der Waals surface area contributed by atoms with Gasteiger partial charge in [-0.3, -0.25) is 4.57 Å². The van der Waals surface area contributed by atoms with E-state index < -0.39 is 0 Å². The average Bonchev–Trinajstić information content (AvgIpc) is 4.12. The van der Waals surface area contributed by atoms with Gasteiger partial charge in [-0.2, -0.15) is 9.97 Å². The lowest BCUT2D eigenvalue weighted by atomic mass is 9.99. The molecule has 0 aliphatic rings. The number of benzene rings is 9. The molecule has 0 fully saturated rings. The first-order valence-electron chi connectivity index (χ1n) is 22.1. The Kier molecular flexibility index (Phi) is 8.27. The van der Waals surface area contributed by atoms with E-state index in [1.54, 1.807) is 0 Å². The molecule has 9 aromatic carbocycles. The largest absolute Gasteiger partial charge is 0.456 e. The first-order chi connectivity index (χ1) is 32.1. The van der Waals surface area contributed by atoms with Crippen molar-refractivity contribution in [3.05, 3.63) is 182 Å². The SMILES string of the molecule is CCC.c1ccc2c(c1)ccc1c3cccc(-c4cccc5c4oc4ccccc45)c3n(-c3nc(-c4ccc5c(c4)oc4ccccc45)nc(-c4ccc5c(c4)oc4ccccc45)n3)c21. The maximum Gasteiger partial charge on any atom is 0.238 e. The topological polar surface area (TPSA) is 83.0 Å². The molecule has 5 aromatic heterocycles. The van der Waals surface area contributed by atoms with Gasteiger partial charge in [0.25, 0.3) is 0 Å². The summed E-state index contributed by atoms with van der Waals surface area (Å²) in [6.45, 7) is 4.25. The van der Waals surface area contributed by atoms with E-state index in [0.29, 0.717) is 17.6 Å². The summed E-state index contributed by atoms with van der Waals surface area (Å²) in [6.07, 6.45) is 1.25. The standard InChI is InChI=1S/C55H30N4O3.C3H8/c1-2-12-34-31(11-1)23-28-42-40-16-9-17-41(44-19-10-18-43-37-15-5-8-22-47(37)62-52(43)44)51(40)59(50(34)42)55-57-53(32-24-26-38-35-13-3-6-20-45(35)60-48(38)29-32)56-54(58-55)33-25-27-39-36-14-4-7-21-46(36)61-49(39)30-33;1-3-2/h1-30H;3H2,1-2H3. The number of aromatic nitrogens is 4. The molecule has 14 aromatic rings. The molecule has 0 spiro atoms. The van der Waals surface area contributed by atoms with Crippen LogP contribution in [0, 0.1) is 0 Å². The summed E-state index contributed by atoms with van der Waals surface area (Å²) in [7, 11) is 0. The Morgan fingerprint density at radius 2 is 0.831 bits per heavy atom. The third-order valence-corrected chi connectivity index (χ3v) is 12.5. The van der Waals surface area contributed by atoms with Gasteiger partial charge in [0.15, 0.2) is 11.6 Å². The van der Waals surface area contributed by atoms with Gasteiger partial charge < -0.3 is 13.3 Å². The van der Waals surface area contributed by atoms with Gasteiger partial charge in [-0.25, -0.2) is 4.98 Å². The lowest BCUT2D eigenvalue weighted by molar-refractivity contribution is 0.668. The molecule has 5 heterocycles. The van der Waals surface area contributed by atoms with Gasteiger partial charge in [-0.05, 0) is 47.9 Å². The van der Waals surface area contributed by atoms with Crippen LogP contribution in [0.3, 0.4) is 0 Å². The van der Waals surface area contributed by atoms with Crippen molar-refractivity contribution in [3.8, 4) is 39.9 Å². The molecule has 0 bridgehead atoms. The highest BCUT2D eigenvalue weighted by Gasteiger charge is 2.24. The molecular weight excluding hydrogens is 801 g/mol. The van der Waals surface area contributed by atoms with E-state index in [0.717, 1.165) is 121 Å². The fourth-order valence-corrected chi connectivity index (χ4v) is 9.66. The quantitative estimate of drug-likeness (QED) is 0.176. The number of para-hydroxylation sites is 5. The van der Waals surface area contributed by atoms with Crippen LogP contribution in [0.25, 0.3) is 138 Å². The van der Waals surface area contributed by atoms with Crippen molar-refractivity contribution < 1.29 is 13.3 Å². The highest BCUT2D eigenvalue weighted by atomic mass is 16.3. The molecule has 0 saturated carbocycles. The van der Waals surface area contributed by atoms with Gasteiger partial charge in [-0.1, -0.05) is 160 Å². The molecule has 0 radical (unpaired) electrons. The van der Waals surface area contributed by atoms with Crippen LogP contribution < -0.4 is 0 Å². The van der Waals surface area contributed by atoms with Crippen LogP contribution in [0.5, 0.6) is 0 Å². The second kappa shape index (κ2) is 14.5. The fraction of sp³-hybridized carbons (Fsp3) is 0.0517. The highest BCUT2D eigenvalue weighted by Crippen LogP contribution is 2.44. The lowest BCUT2D eigenvalue weighted by Crippen LogP contribution is -2.07. The van der Waals surface area contributed by atoms with Crippen LogP contribution in [0.1, 0.15) is 20.3 Å². The summed E-state index contributed by atoms with van der Waals surface area (Å²) < 4.78 is 21.7. The molecule has 0 amide bonds. The van der Waals surface area contributed by atoms with Crippen molar-refractivity contribution in [2.75, 3.05) is 0 Å². The Bertz CT molecular complexity index is 4070. The smallest absolute Gasteiger partial charge is 0.238 e. The Hall–Kier alpha value is -8.55. The summed E-state index contributed by atoms with van der Waals surface area (Å²) in [5.74, 6) is 1.52. The van der Waals surface area contributed by atoms with Crippen molar-refractivity contribution >= 4 is 98.4 Å². The highest BCUT2D eigenvalue weighted by molar-refractivity contribution is 6.22. The van der Waals surface area contributed by atoms with Gasteiger partial charge >= 0.3 is 0 Å². The first-order valence-corrected chi connectivity index (χ1v) is 22.1. The molecule has 0 aliphatic heterocycles. The van der Waals surface area contributed by atoms with Crippen molar-refractivity contribution in [3.63, 3.8) is 0 Å². The normalized spacial score (nSPS) is 11.9. The molecule has 14 rings (SSSR count). The number of rotatable bonds is 4. The molecule has 7 nitrogen and oxygen atoms in total. The van der Waals surface area contributed by atoms with E-state index in [2.05, 4.69) is 140 Å². The van der Waals surface area contributed by atoms with Crippen molar-refractivity contribution in [1.29, 1.82) is 0 Å². The number of fused-ring (bicyclic) bond motifs is 14. The second-order valence-electron chi connectivity index (χ2n) is 16.6. The van der Waals surface area contributed by atoms with Crippen LogP contribution in [0.15, 0.2) is 195 Å². The minimum absolute atomic E-state index is 0.486. The molecule has 0 aliphatic carbocycles. The second-order valence-corrected chi connectivity index (χ2v) is 16.6. The van der Waals surface area contributed by atoms with Crippen molar-refractivity contribution in [2.45, 2.75) is 20.3 Å². The Balaban J connectivity index is 0.00000138. The average molecular weight is 839 g/mol. The molecule has 0 atom stereocenters. The van der Waals surface area contributed by atoms with Crippen LogP contribution >= 0.6 is 0 Å². The van der Waals surface area contributed by atoms with Crippen molar-refractivity contribution in [2.24, 2.45) is 0 Å². The fourth-order valence-electron chi connectivity index (χ4n) is 9.66. The van der Waals surface area contributed by atoms with Gasteiger partial charge in [0.2, 0.25) is 5.95 Å². The van der Waals surface area contributed by atoms with Crippen LogP contribution in [0.2, 0.25) is 0 Å². The summed E-state index contributed by atoms with van der Waals surface area (Å²) >= 11 is 0. The summed E-state index contributed by atoms with van der Waals surface area (Å²) in [5.41, 5.74) is 10.5. The zero-order valence-corrected chi connectivity index (χ0v) is 35.5. The van der Waals surface area contributed by atoms with E-state index in [9.17, 15) is 0 Å². The predicted molar refractivity (Wildman–Crippen MR) is 266 cm³/mol. The molecular formula is C58H38N4O3. The van der Waals surface area contributed by atoms with Crippen molar-refractivity contribution in [1.82, 2.24) is 19.5 Å². The monoisotopic (exact) mass is 838 g/mol. The lowest BCUT2D eigenvalue weighted by Gasteiger charge is -2.14. The zero-order chi connectivity index (χ0) is 43.2. The molecule has 308 valence electrons. The van der Waals surface area contributed by atoms with E-state index in [-0.39, 0.29) is 0 Å². The maximum absolute atomic E-state index is 6.68. The molecule has 0 N–H and O–H groups in total. The Morgan fingerprint density at radius 1 is 0.369 bits per heavy atom. The number of furan rings is 3. The van der Waals surface area contributed by atoms with Crippen LogP contribution in [0.4, 0.5) is 0 Å². The van der Waals surface area contributed by atoms with Gasteiger partial charge in [-0.15, -0.1) is 0 Å². The number of hydrogen-bond donors (Lipinski definition) is 0. The van der Waals surface area contributed by atoms with E-state index in [1.807, 2.05) is 60.7 Å². The minimum atomic E-state index is 0.486. The molecule has 0 unspecified atom stereocenters. The van der Waals surface area contributed by atoms with Gasteiger partial charge in [0.1, 0.15) is 33.5 Å². The van der Waals surface area contributed by atoms with E-state index in [4.69, 9.17) is 28.2 Å². The Labute approximate surface area is 371 Å². The van der Waals surface area contributed by atoms with E-state index in [1.165, 1.54) is 6.42 Å². The van der Waals surface area contributed by atoms with Gasteiger partial charge in [0.05, 0.1) is 11.0 Å². The van der Waals surface area contributed by atoms with Crippen LogP contribution in [-0.4, -0.2) is 19.5 Å². The molecule has 0 saturated heterocycles. The molecule has 65 heavy (non-hydrogen) atoms. The number of hydrogen-bond acceptors (Lipinski definition) is 6. The third-order valence-electron chi connectivity index (χ3n) is 12.5.